The van der Waals surface area contributed by atoms with Gasteiger partial charge in [-0.2, -0.15) is 0 Å². The maximum absolute atomic E-state index is 12.4. The van der Waals surface area contributed by atoms with Gasteiger partial charge < -0.3 is 20.3 Å². The average Bonchev–Trinajstić information content (AvgIpc) is 2.61. The standard InChI is InChI=1S/C17H24ClN3O2/c18-15-4-2-1-3-14(15)16-12-21(9-10-23-16)17(22)20-11-13-5-7-19-8-6-13/h1-4,13,16,19H,5-12H2,(H,20,22). The van der Waals surface area contributed by atoms with E-state index in [-0.39, 0.29) is 12.1 Å². The Morgan fingerprint density at radius 3 is 2.91 bits per heavy atom. The second-order valence-corrected chi connectivity index (χ2v) is 6.61. The number of hydrogen-bond acceptors (Lipinski definition) is 3. The van der Waals surface area contributed by atoms with Crippen LogP contribution in [0.5, 0.6) is 0 Å². The van der Waals surface area contributed by atoms with Gasteiger partial charge in [-0.3, -0.25) is 0 Å². The van der Waals surface area contributed by atoms with Gasteiger partial charge in [0.25, 0.3) is 0 Å². The highest BCUT2D eigenvalue weighted by Gasteiger charge is 2.27. The third-order valence-electron chi connectivity index (χ3n) is 4.61. The molecule has 2 aliphatic rings. The highest BCUT2D eigenvalue weighted by atomic mass is 35.5. The third-order valence-corrected chi connectivity index (χ3v) is 4.95. The van der Waals surface area contributed by atoms with Gasteiger partial charge >= 0.3 is 6.03 Å². The predicted octanol–water partition coefficient (Wildman–Crippen LogP) is 2.42. The number of halogens is 1. The Labute approximate surface area is 142 Å². The molecule has 5 nitrogen and oxygen atoms in total. The number of urea groups is 1. The molecule has 1 aromatic rings. The molecule has 2 saturated heterocycles. The SMILES string of the molecule is O=C(NCC1CCNCC1)N1CCOC(c2ccccc2Cl)C1. The smallest absolute Gasteiger partial charge is 0.317 e. The van der Waals surface area contributed by atoms with E-state index in [9.17, 15) is 4.79 Å². The molecule has 0 radical (unpaired) electrons. The van der Waals surface area contributed by atoms with Gasteiger partial charge in [0.2, 0.25) is 0 Å². The molecule has 0 aromatic heterocycles. The van der Waals surface area contributed by atoms with Crippen molar-refractivity contribution in [2.24, 2.45) is 5.92 Å². The van der Waals surface area contributed by atoms with Crippen LogP contribution in [-0.2, 0) is 4.74 Å². The molecule has 2 fully saturated rings. The van der Waals surface area contributed by atoms with Crippen molar-refractivity contribution in [1.29, 1.82) is 0 Å². The molecule has 6 heteroatoms. The van der Waals surface area contributed by atoms with E-state index < -0.39 is 0 Å². The highest BCUT2D eigenvalue weighted by molar-refractivity contribution is 6.31. The van der Waals surface area contributed by atoms with Crippen LogP contribution in [0.3, 0.4) is 0 Å². The van der Waals surface area contributed by atoms with Crippen LogP contribution in [0.2, 0.25) is 5.02 Å². The van der Waals surface area contributed by atoms with Gasteiger partial charge in [-0.15, -0.1) is 0 Å². The lowest BCUT2D eigenvalue weighted by molar-refractivity contribution is -0.0155. The topological polar surface area (TPSA) is 53.6 Å². The Morgan fingerprint density at radius 2 is 2.13 bits per heavy atom. The predicted molar refractivity (Wildman–Crippen MR) is 90.7 cm³/mol. The minimum atomic E-state index is -0.151. The second kappa shape index (κ2) is 7.99. The first-order chi connectivity index (χ1) is 11.2. The number of carbonyl (C=O) groups excluding carboxylic acids is 1. The minimum absolute atomic E-state index is 0.00360. The van der Waals surface area contributed by atoms with E-state index in [1.807, 2.05) is 29.2 Å². The first-order valence-electron chi connectivity index (χ1n) is 8.33. The van der Waals surface area contributed by atoms with E-state index in [2.05, 4.69) is 10.6 Å². The van der Waals surface area contributed by atoms with Crippen molar-refractivity contribution < 1.29 is 9.53 Å². The van der Waals surface area contributed by atoms with Gasteiger partial charge in [-0.05, 0) is 37.9 Å². The van der Waals surface area contributed by atoms with E-state index in [0.717, 1.165) is 38.0 Å². The first kappa shape index (κ1) is 16.6. The molecule has 23 heavy (non-hydrogen) atoms. The van der Waals surface area contributed by atoms with Gasteiger partial charge in [0.05, 0.1) is 13.2 Å². The maximum Gasteiger partial charge on any atom is 0.317 e. The van der Waals surface area contributed by atoms with E-state index in [1.165, 1.54) is 0 Å². The number of nitrogens with one attached hydrogen (secondary N) is 2. The van der Waals surface area contributed by atoms with Crippen LogP contribution in [-0.4, -0.2) is 50.3 Å². The molecule has 2 heterocycles. The number of ether oxygens (including phenoxy) is 1. The monoisotopic (exact) mass is 337 g/mol. The van der Waals surface area contributed by atoms with E-state index in [4.69, 9.17) is 16.3 Å². The Kier molecular flexibility index (Phi) is 5.75. The molecule has 0 spiro atoms. The number of hydrogen-bond donors (Lipinski definition) is 2. The van der Waals surface area contributed by atoms with Gasteiger partial charge in [0.15, 0.2) is 0 Å². The van der Waals surface area contributed by atoms with Crippen molar-refractivity contribution in [1.82, 2.24) is 15.5 Å². The van der Waals surface area contributed by atoms with Crippen LogP contribution in [0.15, 0.2) is 24.3 Å². The number of carbonyl (C=O) groups is 1. The summed E-state index contributed by atoms with van der Waals surface area (Å²) in [5.41, 5.74) is 0.949. The zero-order chi connectivity index (χ0) is 16.1. The van der Waals surface area contributed by atoms with Gasteiger partial charge in [0.1, 0.15) is 6.10 Å². The number of benzene rings is 1. The van der Waals surface area contributed by atoms with Crippen molar-refractivity contribution in [3.8, 4) is 0 Å². The minimum Gasteiger partial charge on any atom is -0.370 e. The van der Waals surface area contributed by atoms with Gasteiger partial charge in [-0.25, -0.2) is 4.79 Å². The van der Waals surface area contributed by atoms with Gasteiger partial charge in [0, 0.05) is 23.7 Å². The van der Waals surface area contributed by atoms with Crippen LogP contribution in [0.1, 0.15) is 24.5 Å². The van der Waals surface area contributed by atoms with Crippen LogP contribution in [0.4, 0.5) is 4.79 Å². The fourth-order valence-electron chi connectivity index (χ4n) is 3.19. The number of amides is 2. The van der Waals surface area contributed by atoms with Crippen molar-refractivity contribution in [2.45, 2.75) is 18.9 Å². The summed E-state index contributed by atoms with van der Waals surface area (Å²) in [6.45, 7) is 4.56. The molecule has 2 aliphatic heterocycles. The summed E-state index contributed by atoms with van der Waals surface area (Å²) >= 11 is 6.24. The average molecular weight is 338 g/mol. The lowest BCUT2D eigenvalue weighted by Crippen LogP contribution is -2.48. The maximum atomic E-state index is 12.4. The molecule has 3 rings (SSSR count). The van der Waals surface area contributed by atoms with Crippen LogP contribution in [0.25, 0.3) is 0 Å². The Balaban J connectivity index is 1.53. The zero-order valence-electron chi connectivity index (χ0n) is 13.3. The molecule has 1 atom stereocenters. The molecular weight excluding hydrogens is 314 g/mol. The van der Waals surface area contributed by atoms with Crippen molar-refractivity contribution in [3.63, 3.8) is 0 Å². The summed E-state index contributed by atoms with van der Waals surface area (Å²) in [7, 11) is 0. The lowest BCUT2D eigenvalue weighted by Gasteiger charge is -2.34. The Bertz CT molecular complexity index is 534. The van der Waals surface area contributed by atoms with E-state index in [1.54, 1.807) is 0 Å². The van der Waals surface area contributed by atoms with E-state index >= 15 is 0 Å². The fraction of sp³-hybridized carbons (Fsp3) is 0.588. The Hall–Kier alpha value is -1.30. The van der Waals surface area contributed by atoms with Gasteiger partial charge in [-0.1, -0.05) is 29.8 Å². The summed E-state index contributed by atoms with van der Waals surface area (Å²) in [5, 5.41) is 7.11. The van der Waals surface area contributed by atoms with Crippen LogP contribution >= 0.6 is 11.6 Å². The molecule has 2 amide bonds. The third kappa shape index (κ3) is 4.37. The number of morpholine rings is 1. The number of piperidine rings is 1. The van der Waals surface area contributed by atoms with Crippen molar-refractivity contribution in [2.75, 3.05) is 39.3 Å². The highest BCUT2D eigenvalue weighted by Crippen LogP contribution is 2.28. The molecule has 2 N–H and O–H groups in total. The second-order valence-electron chi connectivity index (χ2n) is 6.21. The Morgan fingerprint density at radius 1 is 1.35 bits per heavy atom. The van der Waals surface area contributed by atoms with Crippen LogP contribution < -0.4 is 10.6 Å². The fourth-order valence-corrected chi connectivity index (χ4v) is 3.44. The van der Waals surface area contributed by atoms with Crippen molar-refractivity contribution in [3.05, 3.63) is 34.9 Å². The summed E-state index contributed by atoms with van der Waals surface area (Å²) in [6, 6.07) is 7.67. The van der Waals surface area contributed by atoms with E-state index in [0.29, 0.717) is 30.6 Å². The van der Waals surface area contributed by atoms with Crippen LogP contribution in [0, 0.1) is 5.92 Å². The quantitative estimate of drug-likeness (QED) is 0.890. The molecule has 0 aliphatic carbocycles. The normalized spacial score (nSPS) is 22.8. The number of nitrogens with zero attached hydrogens (tertiary/aromatic N) is 1. The molecule has 126 valence electrons. The molecule has 0 bridgehead atoms. The summed E-state index contributed by atoms with van der Waals surface area (Å²) in [5.74, 6) is 0.584. The molecule has 1 aromatic carbocycles. The molecule has 0 saturated carbocycles. The largest absolute Gasteiger partial charge is 0.370 e. The van der Waals surface area contributed by atoms with Crippen molar-refractivity contribution >= 4 is 17.6 Å². The summed E-state index contributed by atoms with van der Waals surface area (Å²) < 4.78 is 5.81. The number of rotatable bonds is 3. The summed E-state index contributed by atoms with van der Waals surface area (Å²) in [6.07, 6.45) is 2.11. The lowest BCUT2D eigenvalue weighted by atomic mass is 9.98. The first-order valence-corrected chi connectivity index (χ1v) is 8.71. The zero-order valence-corrected chi connectivity index (χ0v) is 14.0. The summed E-state index contributed by atoms with van der Waals surface area (Å²) in [4.78, 5) is 14.2. The molecular formula is C17H24ClN3O2. The molecule has 1 unspecified atom stereocenters.